The lowest BCUT2D eigenvalue weighted by atomic mass is 10.2. The fraction of sp³-hybridized carbons (Fsp3) is 0.357. The van der Waals surface area contributed by atoms with Crippen molar-refractivity contribution in [2.75, 3.05) is 24.4 Å². The summed E-state index contributed by atoms with van der Waals surface area (Å²) in [5.41, 5.74) is 1.25. The van der Waals surface area contributed by atoms with E-state index in [-0.39, 0.29) is 0 Å². The third kappa shape index (κ3) is 6.04. The van der Waals surface area contributed by atoms with Crippen molar-refractivity contribution in [2.45, 2.75) is 12.5 Å². The van der Waals surface area contributed by atoms with Crippen LogP contribution >= 0.6 is 11.8 Å². The minimum atomic E-state index is -0.682. The van der Waals surface area contributed by atoms with Crippen LogP contribution in [0.5, 0.6) is 0 Å². The van der Waals surface area contributed by atoms with Gasteiger partial charge in [-0.1, -0.05) is 17.3 Å². The van der Waals surface area contributed by atoms with Crippen molar-refractivity contribution in [1.82, 2.24) is 5.32 Å². The number of benzene rings is 1. The van der Waals surface area contributed by atoms with E-state index in [0.29, 0.717) is 17.7 Å². The number of anilines is 1. The summed E-state index contributed by atoms with van der Waals surface area (Å²) in [5.74, 6) is 0.258. The summed E-state index contributed by atoms with van der Waals surface area (Å²) >= 11 is 1.58. The molecule has 1 rings (SSSR count). The molecule has 7 nitrogen and oxygen atoms in total. The van der Waals surface area contributed by atoms with Crippen molar-refractivity contribution in [1.29, 1.82) is 0 Å². The summed E-state index contributed by atoms with van der Waals surface area (Å²) in [6, 6.07) is 5.51. The summed E-state index contributed by atoms with van der Waals surface area (Å²) in [6.45, 7) is 0. The highest BCUT2D eigenvalue weighted by molar-refractivity contribution is 7.98. The van der Waals surface area contributed by atoms with Gasteiger partial charge < -0.3 is 20.6 Å². The van der Waals surface area contributed by atoms with Crippen molar-refractivity contribution in [3.8, 4) is 0 Å². The van der Waals surface area contributed by atoms with Crippen molar-refractivity contribution in [3.05, 3.63) is 29.8 Å². The number of methoxy groups -OCH3 is 1. The monoisotopic (exact) mass is 325 g/mol. The van der Waals surface area contributed by atoms with Gasteiger partial charge in [0, 0.05) is 5.69 Å². The second-order valence-corrected chi connectivity index (χ2v) is 5.31. The van der Waals surface area contributed by atoms with Crippen LogP contribution in [0.25, 0.3) is 0 Å². The van der Waals surface area contributed by atoms with E-state index in [1.165, 1.54) is 13.3 Å². The molecule has 1 aromatic rings. The quantitative estimate of drug-likeness (QED) is 0.308. The number of amides is 2. The molecule has 8 heteroatoms. The van der Waals surface area contributed by atoms with Gasteiger partial charge in [0.05, 0.1) is 13.3 Å². The first-order valence-corrected chi connectivity index (χ1v) is 7.92. The normalized spacial score (nSPS) is 11.9. The molecule has 2 amide bonds. The molecule has 120 valence electrons. The smallest absolute Gasteiger partial charge is 0.328 e. The molecule has 0 aliphatic heterocycles. The fourth-order valence-electron chi connectivity index (χ4n) is 1.67. The van der Waals surface area contributed by atoms with E-state index in [2.05, 4.69) is 20.5 Å². The van der Waals surface area contributed by atoms with Gasteiger partial charge in [0.25, 0.3) is 0 Å². The first-order valence-electron chi connectivity index (χ1n) is 6.52. The molecule has 0 saturated heterocycles. The Morgan fingerprint density at radius 2 is 2.09 bits per heavy atom. The Balaban J connectivity index is 2.60. The zero-order valence-electron chi connectivity index (χ0n) is 12.4. The highest BCUT2D eigenvalue weighted by atomic mass is 32.2. The molecule has 1 aromatic carbocycles. The number of carbonyl (C=O) groups excluding carboxylic acids is 2. The number of nitrogens with zero attached hydrogens (tertiary/aromatic N) is 1. The Bertz CT molecular complexity index is 519. The Morgan fingerprint density at radius 3 is 2.64 bits per heavy atom. The molecule has 0 aromatic heterocycles. The number of thioether (sulfide) groups is 1. The number of esters is 1. The van der Waals surface area contributed by atoms with E-state index in [1.807, 2.05) is 6.26 Å². The molecular formula is C14H19N3O4S. The molecule has 0 spiro atoms. The van der Waals surface area contributed by atoms with E-state index in [4.69, 9.17) is 5.21 Å². The average Bonchev–Trinajstić information content (AvgIpc) is 2.52. The van der Waals surface area contributed by atoms with E-state index in [1.54, 1.807) is 36.0 Å². The van der Waals surface area contributed by atoms with Gasteiger partial charge in [-0.05, 0) is 36.1 Å². The molecule has 1 atom stereocenters. The minimum absolute atomic E-state index is 0.473. The molecule has 0 aliphatic rings. The summed E-state index contributed by atoms with van der Waals surface area (Å²) in [4.78, 5) is 23.5. The number of nitrogens with one attached hydrogen (secondary N) is 2. The van der Waals surface area contributed by atoms with Crippen LogP contribution in [0.15, 0.2) is 29.4 Å². The number of carbonyl (C=O) groups is 2. The summed E-state index contributed by atoms with van der Waals surface area (Å²) < 4.78 is 4.67. The Hall–Kier alpha value is -2.22. The van der Waals surface area contributed by atoms with Gasteiger partial charge in [0.1, 0.15) is 6.04 Å². The maximum Gasteiger partial charge on any atom is 0.328 e. The van der Waals surface area contributed by atoms with E-state index < -0.39 is 18.0 Å². The van der Waals surface area contributed by atoms with Crippen molar-refractivity contribution >= 4 is 35.7 Å². The largest absolute Gasteiger partial charge is 0.467 e. The standard InChI is InChI=1S/C14H19N3O4S/c1-21-13(18)12(7-8-22-2)17-14(19)16-11-5-3-10(4-6-11)9-15-20/h3-6,9,12,20H,7-8H2,1-2H3,(H2,16,17,19). The van der Waals surface area contributed by atoms with Crippen LogP contribution in [0.4, 0.5) is 10.5 Å². The van der Waals surface area contributed by atoms with Crippen LogP contribution in [0.1, 0.15) is 12.0 Å². The van der Waals surface area contributed by atoms with Crippen LogP contribution in [-0.4, -0.2) is 48.6 Å². The first-order chi connectivity index (χ1) is 10.6. The third-order valence-electron chi connectivity index (χ3n) is 2.78. The zero-order chi connectivity index (χ0) is 16.4. The van der Waals surface area contributed by atoms with E-state index >= 15 is 0 Å². The van der Waals surface area contributed by atoms with E-state index in [0.717, 1.165) is 5.75 Å². The van der Waals surface area contributed by atoms with Crippen molar-refractivity contribution in [2.24, 2.45) is 5.16 Å². The molecule has 22 heavy (non-hydrogen) atoms. The Labute approximate surface area is 133 Å². The third-order valence-corrected chi connectivity index (χ3v) is 3.42. The molecule has 0 bridgehead atoms. The van der Waals surface area contributed by atoms with Gasteiger partial charge in [-0.15, -0.1) is 0 Å². The highest BCUT2D eigenvalue weighted by Gasteiger charge is 2.20. The minimum Gasteiger partial charge on any atom is -0.467 e. The SMILES string of the molecule is COC(=O)C(CCSC)NC(=O)Nc1ccc(C=NO)cc1. The predicted octanol–water partition coefficient (Wildman–Crippen LogP) is 1.91. The van der Waals surface area contributed by atoms with Gasteiger partial charge in [-0.25, -0.2) is 9.59 Å². The summed E-state index contributed by atoms with van der Waals surface area (Å²) in [7, 11) is 1.29. The number of rotatable bonds is 7. The number of hydrogen-bond donors (Lipinski definition) is 3. The van der Waals surface area contributed by atoms with Gasteiger partial charge in [0.15, 0.2) is 0 Å². The van der Waals surface area contributed by atoms with Crippen molar-refractivity contribution in [3.63, 3.8) is 0 Å². The molecule has 0 radical (unpaired) electrons. The number of oxime groups is 1. The summed E-state index contributed by atoms with van der Waals surface area (Å²) in [5, 5.41) is 16.6. The van der Waals surface area contributed by atoms with Gasteiger partial charge in [0.2, 0.25) is 0 Å². The van der Waals surface area contributed by atoms with Crippen LogP contribution in [0.2, 0.25) is 0 Å². The molecular weight excluding hydrogens is 306 g/mol. The maximum absolute atomic E-state index is 11.9. The fourth-order valence-corrected chi connectivity index (χ4v) is 2.14. The second kappa shape index (κ2) is 9.67. The number of urea groups is 1. The molecule has 0 fully saturated rings. The van der Waals surface area contributed by atoms with Gasteiger partial charge in [-0.2, -0.15) is 11.8 Å². The lowest BCUT2D eigenvalue weighted by molar-refractivity contribution is -0.142. The molecule has 0 heterocycles. The Kier molecular flexibility index (Phi) is 7.84. The lowest BCUT2D eigenvalue weighted by Gasteiger charge is -2.16. The van der Waals surface area contributed by atoms with Crippen LogP contribution in [0.3, 0.4) is 0 Å². The maximum atomic E-state index is 11.9. The predicted molar refractivity (Wildman–Crippen MR) is 86.8 cm³/mol. The topological polar surface area (TPSA) is 100 Å². The molecule has 0 saturated carbocycles. The second-order valence-electron chi connectivity index (χ2n) is 4.32. The highest BCUT2D eigenvalue weighted by Crippen LogP contribution is 2.09. The van der Waals surface area contributed by atoms with Crippen LogP contribution < -0.4 is 10.6 Å². The van der Waals surface area contributed by atoms with Gasteiger partial charge in [-0.3, -0.25) is 0 Å². The van der Waals surface area contributed by atoms with Crippen LogP contribution in [0, 0.1) is 0 Å². The molecule has 1 unspecified atom stereocenters. The number of ether oxygens (including phenoxy) is 1. The molecule has 3 N–H and O–H groups in total. The Morgan fingerprint density at radius 1 is 1.41 bits per heavy atom. The van der Waals surface area contributed by atoms with Gasteiger partial charge >= 0.3 is 12.0 Å². The average molecular weight is 325 g/mol. The van der Waals surface area contributed by atoms with Crippen LogP contribution in [-0.2, 0) is 9.53 Å². The van der Waals surface area contributed by atoms with E-state index in [9.17, 15) is 9.59 Å². The van der Waals surface area contributed by atoms with Crippen molar-refractivity contribution < 1.29 is 19.5 Å². The molecule has 0 aliphatic carbocycles. The number of hydrogen-bond acceptors (Lipinski definition) is 6. The zero-order valence-corrected chi connectivity index (χ0v) is 13.2. The summed E-state index contributed by atoms with van der Waals surface area (Å²) in [6.07, 6.45) is 3.69. The lowest BCUT2D eigenvalue weighted by Crippen LogP contribution is -2.44. The first kappa shape index (κ1) is 17.8.